The van der Waals surface area contributed by atoms with Gasteiger partial charge in [0.1, 0.15) is 17.5 Å². The van der Waals surface area contributed by atoms with Crippen molar-refractivity contribution in [1.82, 2.24) is 29.5 Å². The van der Waals surface area contributed by atoms with Crippen molar-refractivity contribution in [3.8, 4) is 11.3 Å². The first kappa shape index (κ1) is 23.7. The summed E-state index contributed by atoms with van der Waals surface area (Å²) in [7, 11) is 0. The summed E-state index contributed by atoms with van der Waals surface area (Å²) in [5.74, 6) is -1.17. The van der Waals surface area contributed by atoms with Crippen LogP contribution in [0, 0.1) is 11.6 Å². The van der Waals surface area contributed by atoms with Crippen molar-refractivity contribution in [3.63, 3.8) is 0 Å². The van der Waals surface area contributed by atoms with E-state index in [1.807, 2.05) is 4.90 Å². The Hall–Kier alpha value is -4.03. The zero-order chi connectivity index (χ0) is 25.1. The number of rotatable bonds is 7. The standard InChI is InChI=1S/C24H24F2N8O2/c1-15(17-4-3-16(25)11-19(17)26)29-21-12-20(18-13-28-34-6-2-5-27-23(18)34)30-24(31-21)32-22(35)14-33-7-9-36-10-8-33/h2-6,11-13,15H,7-10,14H2,1H3,(H2,29,30,31,32,35)/t15-/m0/s1. The van der Waals surface area contributed by atoms with Crippen LogP contribution in [0.1, 0.15) is 18.5 Å². The number of anilines is 2. The van der Waals surface area contributed by atoms with Crippen LogP contribution >= 0.6 is 0 Å². The lowest BCUT2D eigenvalue weighted by molar-refractivity contribution is -0.118. The smallest absolute Gasteiger partial charge is 0.240 e. The van der Waals surface area contributed by atoms with Crippen molar-refractivity contribution < 1.29 is 18.3 Å². The van der Waals surface area contributed by atoms with Gasteiger partial charge in [-0.15, -0.1) is 0 Å². The van der Waals surface area contributed by atoms with E-state index in [4.69, 9.17) is 4.74 Å². The lowest BCUT2D eigenvalue weighted by Crippen LogP contribution is -2.41. The molecule has 1 fully saturated rings. The minimum absolute atomic E-state index is 0.0790. The van der Waals surface area contributed by atoms with Gasteiger partial charge in [-0.3, -0.25) is 15.0 Å². The Morgan fingerprint density at radius 1 is 1.19 bits per heavy atom. The molecule has 4 aromatic rings. The summed E-state index contributed by atoms with van der Waals surface area (Å²) in [4.78, 5) is 28.0. The predicted molar refractivity (Wildman–Crippen MR) is 128 cm³/mol. The number of nitrogens with one attached hydrogen (secondary N) is 2. The van der Waals surface area contributed by atoms with E-state index in [0.29, 0.717) is 49.0 Å². The molecule has 36 heavy (non-hydrogen) atoms. The number of carbonyl (C=O) groups excluding carboxylic acids is 1. The minimum Gasteiger partial charge on any atom is -0.379 e. The topological polar surface area (TPSA) is 110 Å². The van der Waals surface area contributed by atoms with Gasteiger partial charge in [0.05, 0.1) is 43.3 Å². The normalized spacial score (nSPS) is 15.1. The molecular weight excluding hydrogens is 470 g/mol. The fourth-order valence-corrected chi connectivity index (χ4v) is 4.00. The lowest BCUT2D eigenvalue weighted by Gasteiger charge is -2.25. The van der Waals surface area contributed by atoms with E-state index in [0.717, 1.165) is 6.07 Å². The van der Waals surface area contributed by atoms with Crippen LogP contribution in [0.15, 0.2) is 48.9 Å². The summed E-state index contributed by atoms with van der Waals surface area (Å²) in [6, 6.07) is 6.29. The molecule has 1 aliphatic rings. The van der Waals surface area contributed by atoms with Crippen LogP contribution < -0.4 is 10.6 Å². The molecule has 1 atom stereocenters. The van der Waals surface area contributed by atoms with Gasteiger partial charge in [0.2, 0.25) is 11.9 Å². The molecule has 10 nitrogen and oxygen atoms in total. The van der Waals surface area contributed by atoms with E-state index in [2.05, 4.69) is 30.7 Å². The molecule has 1 aliphatic heterocycles. The zero-order valence-corrected chi connectivity index (χ0v) is 19.5. The average molecular weight is 495 g/mol. The van der Waals surface area contributed by atoms with Crippen LogP contribution in [-0.4, -0.2) is 68.2 Å². The first-order chi connectivity index (χ1) is 17.5. The van der Waals surface area contributed by atoms with Crippen molar-refractivity contribution in [3.05, 3.63) is 66.1 Å². The molecule has 186 valence electrons. The predicted octanol–water partition coefficient (Wildman–Crippen LogP) is 2.91. The molecule has 5 rings (SSSR count). The van der Waals surface area contributed by atoms with E-state index in [9.17, 15) is 13.6 Å². The Morgan fingerprint density at radius 3 is 2.83 bits per heavy atom. The zero-order valence-electron chi connectivity index (χ0n) is 19.5. The summed E-state index contributed by atoms with van der Waals surface area (Å²) in [5.41, 5.74) is 1.94. The molecule has 0 radical (unpaired) electrons. The number of aromatic nitrogens is 5. The summed E-state index contributed by atoms with van der Waals surface area (Å²) in [6.45, 7) is 4.38. The van der Waals surface area contributed by atoms with Gasteiger partial charge in [0.25, 0.3) is 0 Å². The van der Waals surface area contributed by atoms with E-state index >= 15 is 0 Å². The fourth-order valence-electron chi connectivity index (χ4n) is 4.00. The molecule has 3 aromatic heterocycles. The maximum atomic E-state index is 14.4. The highest BCUT2D eigenvalue weighted by Gasteiger charge is 2.19. The number of hydrogen-bond donors (Lipinski definition) is 2. The van der Waals surface area contributed by atoms with E-state index in [1.54, 1.807) is 42.2 Å². The Kier molecular flexibility index (Phi) is 6.78. The van der Waals surface area contributed by atoms with Gasteiger partial charge in [-0.25, -0.2) is 23.3 Å². The molecule has 1 saturated heterocycles. The Labute approximate surface area is 205 Å². The second kappa shape index (κ2) is 10.3. The van der Waals surface area contributed by atoms with Crippen LogP contribution in [0.25, 0.3) is 16.9 Å². The van der Waals surface area contributed by atoms with Gasteiger partial charge < -0.3 is 10.1 Å². The van der Waals surface area contributed by atoms with Gasteiger partial charge >= 0.3 is 0 Å². The number of hydrogen-bond acceptors (Lipinski definition) is 8. The third kappa shape index (κ3) is 5.29. The quantitative estimate of drug-likeness (QED) is 0.404. The Morgan fingerprint density at radius 2 is 2.03 bits per heavy atom. The number of carbonyl (C=O) groups is 1. The minimum atomic E-state index is -0.671. The average Bonchev–Trinajstić information content (AvgIpc) is 3.28. The van der Waals surface area contributed by atoms with Crippen molar-refractivity contribution >= 4 is 23.3 Å². The summed E-state index contributed by atoms with van der Waals surface area (Å²) in [6.07, 6.45) is 5.03. The molecule has 4 heterocycles. The van der Waals surface area contributed by atoms with Gasteiger partial charge in [-0.2, -0.15) is 10.1 Å². The fraction of sp³-hybridized carbons (Fsp3) is 0.292. The van der Waals surface area contributed by atoms with Gasteiger partial charge in [0.15, 0.2) is 5.65 Å². The SMILES string of the molecule is C[C@H](Nc1cc(-c2cnn3cccnc23)nc(NC(=O)CN2CCOCC2)n1)c1ccc(F)cc1F. The molecule has 1 aromatic carbocycles. The first-order valence-corrected chi connectivity index (χ1v) is 11.5. The van der Waals surface area contributed by atoms with Gasteiger partial charge in [-0.05, 0) is 19.1 Å². The van der Waals surface area contributed by atoms with Crippen LogP contribution in [0.5, 0.6) is 0 Å². The van der Waals surface area contributed by atoms with Gasteiger partial charge in [-0.1, -0.05) is 6.07 Å². The highest BCUT2D eigenvalue weighted by atomic mass is 19.1. The molecule has 0 saturated carbocycles. The lowest BCUT2D eigenvalue weighted by atomic mass is 10.1. The Bertz CT molecular complexity index is 1390. The Balaban J connectivity index is 1.45. The maximum Gasteiger partial charge on any atom is 0.240 e. The second-order valence-electron chi connectivity index (χ2n) is 8.38. The van der Waals surface area contributed by atoms with Crippen molar-refractivity contribution in [2.75, 3.05) is 43.5 Å². The van der Waals surface area contributed by atoms with Crippen LogP contribution in [0.2, 0.25) is 0 Å². The second-order valence-corrected chi connectivity index (χ2v) is 8.38. The number of amides is 1. The number of nitrogens with zero attached hydrogens (tertiary/aromatic N) is 6. The number of fused-ring (bicyclic) bond motifs is 1. The highest BCUT2D eigenvalue weighted by molar-refractivity contribution is 5.91. The monoisotopic (exact) mass is 494 g/mol. The third-order valence-corrected chi connectivity index (χ3v) is 5.80. The largest absolute Gasteiger partial charge is 0.379 e. The number of morpholine rings is 1. The molecular formula is C24H24F2N8O2. The summed E-state index contributed by atoms with van der Waals surface area (Å²) in [5, 5.41) is 10.2. The molecule has 0 unspecified atom stereocenters. The van der Waals surface area contributed by atoms with Crippen molar-refractivity contribution in [1.29, 1.82) is 0 Å². The first-order valence-electron chi connectivity index (χ1n) is 11.5. The molecule has 0 aliphatic carbocycles. The van der Waals surface area contributed by atoms with Crippen LogP contribution in [0.3, 0.4) is 0 Å². The molecule has 0 bridgehead atoms. The van der Waals surface area contributed by atoms with Crippen molar-refractivity contribution in [2.45, 2.75) is 13.0 Å². The van der Waals surface area contributed by atoms with Crippen LogP contribution in [0.4, 0.5) is 20.5 Å². The van der Waals surface area contributed by atoms with E-state index < -0.39 is 17.7 Å². The van der Waals surface area contributed by atoms with E-state index in [-0.39, 0.29) is 24.0 Å². The maximum absolute atomic E-state index is 14.4. The molecule has 12 heteroatoms. The van der Waals surface area contributed by atoms with Gasteiger partial charge in [0, 0.05) is 43.2 Å². The summed E-state index contributed by atoms with van der Waals surface area (Å²) < 4.78 is 34.7. The molecule has 0 spiro atoms. The highest BCUT2D eigenvalue weighted by Crippen LogP contribution is 2.27. The molecule has 2 N–H and O–H groups in total. The number of benzene rings is 1. The number of ether oxygens (including phenoxy) is 1. The van der Waals surface area contributed by atoms with Crippen molar-refractivity contribution in [2.24, 2.45) is 0 Å². The molecule has 1 amide bonds. The third-order valence-electron chi connectivity index (χ3n) is 5.80. The van der Waals surface area contributed by atoms with E-state index in [1.165, 1.54) is 12.1 Å². The van der Waals surface area contributed by atoms with Crippen LogP contribution in [-0.2, 0) is 9.53 Å². The number of halogens is 2. The summed E-state index contributed by atoms with van der Waals surface area (Å²) >= 11 is 0.